The molecule has 1 fully saturated rings. The number of hydrogen-bond acceptors (Lipinski definition) is 0. The largest absolute Gasteiger partial charge is 0.138 e. The summed E-state index contributed by atoms with van der Waals surface area (Å²) in [4.78, 5) is 0. The molecule has 90 valence electrons. The van der Waals surface area contributed by atoms with Crippen LogP contribution in [-0.2, 0) is 0 Å². The quantitative estimate of drug-likeness (QED) is 0.525. The Labute approximate surface area is 108 Å². The third-order valence-corrected chi connectivity index (χ3v) is 5.43. The summed E-state index contributed by atoms with van der Waals surface area (Å²) < 4.78 is 0. The minimum absolute atomic E-state index is 0.368. The first-order chi connectivity index (χ1) is 8.27. The van der Waals surface area contributed by atoms with Crippen LogP contribution < -0.4 is 5.19 Å². The van der Waals surface area contributed by atoms with Crippen LogP contribution in [-0.4, -0.2) is 9.52 Å². The van der Waals surface area contributed by atoms with Gasteiger partial charge in [-0.2, -0.15) is 0 Å². The van der Waals surface area contributed by atoms with Crippen LogP contribution in [0.1, 0.15) is 43.2 Å². The van der Waals surface area contributed by atoms with E-state index in [4.69, 9.17) is 0 Å². The number of rotatable bonds is 1. The summed E-state index contributed by atoms with van der Waals surface area (Å²) in [6.45, 7) is 4.43. The highest BCUT2D eigenvalue weighted by atomic mass is 28.2. The van der Waals surface area contributed by atoms with E-state index in [1.54, 1.807) is 0 Å². The van der Waals surface area contributed by atoms with Gasteiger partial charge in [0.05, 0.1) is 0 Å². The van der Waals surface area contributed by atoms with Gasteiger partial charge in [0.1, 0.15) is 9.52 Å². The lowest BCUT2D eigenvalue weighted by Crippen LogP contribution is -2.17. The Morgan fingerprint density at radius 1 is 1.12 bits per heavy atom. The Kier molecular flexibility index (Phi) is 4.45. The molecule has 0 unspecified atom stereocenters. The van der Waals surface area contributed by atoms with Gasteiger partial charge in [-0.15, -0.1) is 11.5 Å². The van der Waals surface area contributed by atoms with E-state index < -0.39 is 0 Å². The van der Waals surface area contributed by atoms with Crippen molar-refractivity contribution < 1.29 is 0 Å². The van der Waals surface area contributed by atoms with Gasteiger partial charge in [-0.3, -0.25) is 0 Å². The summed E-state index contributed by atoms with van der Waals surface area (Å²) in [6, 6.07) is 6.64. The Morgan fingerprint density at radius 2 is 1.88 bits per heavy atom. The van der Waals surface area contributed by atoms with Crippen LogP contribution in [0, 0.1) is 31.2 Å². The molecule has 17 heavy (non-hydrogen) atoms. The highest BCUT2D eigenvalue weighted by Gasteiger charge is 2.09. The maximum absolute atomic E-state index is 3.53. The second-order valence-corrected chi connectivity index (χ2v) is 6.66. The fraction of sp³-hybridized carbons (Fsp3) is 0.500. The van der Waals surface area contributed by atoms with E-state index in [9.17, 15) is 0 Å². The predicted octanol–water partition coefficient (Wildman–Crippen LogP) is 2.64. The van der Waals surface area contributed by atoms with Crippen molar-refractivity contribution >= 4 is 14.7 Å². The average Bonchev–Trinajstić information content (AvgIpc) is 2.36. The first-order valence-corrected chi connectivity index (χ1v) is 8.22. The van der Waals surface area contributed by atoms with E-state index in [2.05, 4.69) is 43.5 Å². The van der Waals surface area contributed by atoms with Gasteiger partial charge in [0.25, 0.3) is 0 Å². The van der Waals surface area contributed by atoms with Crippen LogP contribution in [0.3, 0.4) is 0 Å². The first kappa shape index (κ1) is 12.5. The second kappa shape index (κ2) is 6.07. The lowest BCUT2D eigenvalue weighted by Gasteiger charge is -2.15. The summed E-state index contributed by atoms with van der Waals surface area (Å²) >= 11 is 0. The highest BCUT2D eigenvalue weighted by Crippen LogP contribution is 2.22. The molecule has 0 amide bonds. The molecule has 0 heterocycles. The minimum Gasteiger partial charge on any atom is -0.134 e. The minimum atomic E-state index is -0.368. The monoisotopic (exact) mass is 242 g/mol. The first-order valence-electron chi connectivity index (χ1n) is 6.81. The van der Waals surface area contributed by atoms with Crippen molar-refractivity contribution in [1.29, 1.82) is 0 Å². The molecule has 0 spiro atoms. The topological polar surface area (TPSA) is 0 Å². The molecule has 1 aromatic carbocycles. The Hall–Kier alpha value is -1.00. The van der Waals surface area contributed by atoms with Crippen LogP contribution in [0.5, 0.6) is 0 Å². The van der Waals surface area contributed by atoms with E-state index in [-0.39, 0.29) is 9.52 Å². The van der Waals surface area contributed by atoms with E-state index in [1.165, 1.54) is 48.4 Å². The van der Waals surface area contributed by atoms with E-state index in [1.807, 2.05) is 0 Å². The Balaban J connectivity index is 1.97. The number of benzene rings is 1. The molecule has 0 nitrogen and oxygen atoms in total. The summed E-state index contributed by atoms with van der Waals surface area (Å²) in [5.74, 6) is 4.24. The van der Waals surface area contributed by atoms with E-state index in [0.717, 1.165) is 0 Å². The van der Waals surface area contributed by atoms with Crippen LogP contribution in [0.2, 0.25) is 0 Å². The molecule has 1 heteroatoms. The van der Waals surface area contributed by atoms with Crippen molar-refractivity contribution in [2.24, 2.45) is 5.92 Å². The van der Waals surface area contributed by atoms with Crippen molar-refractivity contribution in [1.82, 2.24) is 0 Å². The van der Waals surface area contributed by atoms with Gasteiger partial charge in [0, 0.05) is 5.92 Å². The summed E-state index contributed by atoms with van der Waals surface area (Å²) in [5, 5.41) is 1.54. The van der Waals surface area contributed by atoms with Crippen LogP contribution in [0.15, 0.2) is 18.2 Å². The van der Waals surface area contributed by atoms with Gasteiger partial charge in [-0.05, 0) is 43.0 Å². The van der Waals surface area contributed by atoms with E-state index >= 15 is 0 Å². The third-order valence-electron chi connectivity index (χ3n) is 3.91. The normalized spacial score (nSPS) is 17.1. The summed E-state index contributed by atoms with van der Waals surface area (Å²) in [7, 11) is -0.368. The molecule has 0 N–H and O–H groups in total. The van der Waals surface area contributed by atoms with Crippen LogP contribution in [0.25, 0.3) is 0 Å². The maximum atomic E-state index is 3.53. The molecule has 0 atom stereocenters. The number of aryl methyl sites for hydroxylation is 1. The molecule has 1 saturated carbocycles. The van der Waals surface area contributed by atoms with Gasteiger partial charge in [-0.25, -0.2) is 0 Å². The van der Waals surface area contributed by atoms with Crippen molar-refractivity contribution in [3.05, 3.63) is 29.3 Å². The van der Waals surface area contributed by atoms with Crippen molar-refractivity contribution in [3.8, 4) is 11.5 Å². The molecule has 0 aromatic heterocycles. The zero-order chi connectivity index (χ0) is 12.1. The Bertz CT molecular complexity index is 431. The van der Waals surface area contributed by atoms with Gasteiger partial charge in [-0.1, -0.05) is 37.5 Å². The molecule has 2 rings (SSSR count). The van der Waals surface area contributed by atoms with Crippen molar-refractivity contribution in [2.45, 2.75) is 46.0 Å². The zero-order valence-electron chi connectivity index (χ0n) is 11.1. The van der Waals surface area contributed by atoms with Crippen LogP contribution >= 0.6 is 0 Å². The molecule has 0 aliphatic heterocycles. The van der Waals surface area contributed by atoms with Gasteiger partial charge >= 0.3 is 0 Å². The van der Waals surface area contributed by atoms with E-state index in [0.29, 0.717) is 5.92 Å². The predicted molar refractivity (Wildman–Crippen MR) is 78.4 cm³/mol. The summed E-state index contributed by atoms with van der Waals surface area (Å²) in [6.07, 6.45) is 6.89. The lowest BCUT2D eigenvalue weighted by atomic mass is 9.90. The molecule has 1 aromatic rings. The van der Waals surface area contributed by atoms with Crippen molar-refractivity contribution in [2.75, 3.05) is 0 Å². The smallest absolute Gasteiger partial charge is 0.134 e. The molecule has 0 saturated heterocycles. The molecule has 0 bridgehead atoms. The Morgan fingerprint density at radius 3 is 2.65 bits per heavy atom. The summed E-state index contributed by atoms with van der Waals surface area (Å²) in [5.41, 5.74) is 6.41. The maximum Gasteiger partial charge on any atom is 0.138 e. The fourth-order valence-corrected chi connectivity index (χ4v) is 3.92. The molecule has 0 radical (unpaired) electrons. The molecule has 1 aliphatic rings. The highest BCUT2D eigenvalue weighted by molar-refractivity contribution is 6.62. The molecular formula is C16H22Si. The van der Waals surface area contributed by atoms with Gasteiger partial charge < -0.3 is 0 Å². The molecule has 1 aliphatic carbocycles. The van der Waals surface area contributed by atoms with Gasteiger partial charge in [0.2, 0.25) is 0 Å². The number of hydrogen-bond donors (Lipinski definition) is 0. The zero-order valence-corrected chi connectivity index (χ0v) is 12.5. The van der Waals surface area contributed by atoms with Crippen LogP contribution in [0.4, 0.5) is 0 Å². The second-order valence-electron chi connectivity index (χ2n) is 5.19. The SMILES string of the molecule is Cc1cccc([SiH2]C#CC2CCCCC2)c1C. The van der Waals surface area contributed by atoms with Gasteiger partial charge in [0.15, 0.2) is 0 Å². The average molecular weight is 242 g/mol. The standard InChI is InChI=1S/C16H22Si/c1-13-7-6-10-16(14(13)2)17-12-11-15-8-4-3-5-9-15/h6-7,10,15H,3-5,8-9,17H2,1-2H3. The molecular weight excluding hydrogens is 220 g/mol. The lowest BCUT2D eigenvalue weighted by molar-refractivity contribution is 0.430. The third kappa shape index (κ3) is 3.48. The van der Waals surface area contributed by atoms with Crippen molar-refractivity contribution in [3.63, 3.8) is 0 Å². The fourth-order valence-electron chi connectivity index (χ4n) is 2.54.